The van der Waals surface area contributed by atoms with Gasteiger partial charge in [-0.3, -0.25) is 20.2 Å². The molecule has 0 N–H and O–H groups in total. The van der Waals surface area contributed by atoms with E-state index < -0.39 is 9.85 Å². The van der Waals surface area contributed by atoms with Crippen molar-refractivity contribution in [1.82, 2.24) is 0 Å². The van der Waals surface area contributed by atoms with E-state index in [2.05, 4.69) is 6.92 Å². The summed E-state index contributed by atoms with van der Waals surface area (Å²) in [6, 6.07) is 0. The van der Waals surface area contributed by atoms with Gasteiger partial charge in [0, 0.05) is 6.42 Å². The fourth-order valence-corrected chi connectivity index (χ4v) is 2.26. The molecule has 0 fully saturated rings. The Hall–Kier alpha value is -2.57. The lowest BCUT2D eigenvalue weighted by Gasteiger charge is -1.97. The summed E-state index contributed by atoms with van der Waals surface area (Å²) < 4.78 is 0. The zero-order valence-electron chi connectivity index (χ0n) is 16.0. The van der Waals surface area contributed by atoms with E-state index in [9.17, 15) is 25.0 Å². The zero-order chi connectivity index (χ0) is 20.3. The lowest BCUT2D eigenvalue weighted by Crippen LogP contribution is -2.01. The van der Waals surface area contributed by atoms with E-state index in [1.807, 2.05) is 12.2 Å². The summed E-state index contributed by atoms with van der Waals surface area (Å²) in [6.07, 6.45) is 17.7. The Kier molecular flexibility index (Phi) is 15.3. The zero-order valence-corrected chi connectivity index (χ0v) is 16.0. The van der Waals surface area contributed by atoms with E-state index in [1.165, 1.54) is 18.6 Å². The van der Waals surface area contributed by atoms with Gasteiger partial charge in [-0.25, -0.2) is 0 Å². The van der Waals surface area contributed by atoms with Crippen LogP contribution < -0.4 is 0 Å². The fraction of sp³-hybridized carbons (Fsp3) is 0.550. The van der Waals surface area contributed by atoms with Gasteiger partial charge >= 0.3 is 0 Å². The maximum atomic E-state index is 11.1. The molecule has 0 rings (SSSR count). The van der Waals surface area contributed by atoms with Crippen LogP contribution in [-0.4, -0.2) is 16.1 Å². The Bertz CT molecular complexity index is 577. The fourth-order valence-electron chi connectivity index (χ4n) is 2.26. The van der Waals surface area contributed by atoms with Crippen molar-refractivity contribution in [3.05, 3.63) is 68.1 Å². The third-order valence-corrected chi connectivity index (χ3v) is 3.83. The summed E-state index contributed by atoms with van der Waals surface area (Å²) in [7, 11) is 0. The van der Waals surface area contributed by atoms with Gasteiger partial charge in [0.25, 0.3) is 0 Å². The summed E-state index contributed by atoms with van der Waals surface area (Å²) >= 11 is 0. The van der Waals surface area contributed by atoms with Crippen LogP contribution in [0.2, 0.25) is 0 Å². The van der Waals surface area contributed by atoms with Gasteiger partial charge in [0.05, 0.1) is 22.7 Å². The number of unbranched alkanes of at least 4 members (excludes halogenated alkanes) is 5. The monoisotopic (exact) mass is 378 g/mol. The lowest BCUT2D eigenvalue weighted by atomic mass is 10.1. The summed E-state index contributed by atoms with van der Waals surface area (Å²) in [5.74, 6) is 0. The van der Waals surface area contributed by atoms with Crippen molar-refractivity contribution in [2.24, 2.45) is 0 Å². The quantitative estimate of drug-likeness (QED) is 0.115. The number of hydrogen-bond donors (Lipinski definition) is 0. The Labute approximate surface area is 160 Å². The molecule has 0 spiro atoms. The van der Waals surface area contributed by atoms with Crippen molar-refractivity contribution in [2.75, 3.05) is 0 Å². The molecule has 0 unspecified atom stereocenters. The molecule has 27 heavy (non-hydrogen) atoms. The number of nitro groups is 2. The molecule has 0 aliphatic rings. The highest BCUT2D eigenvalue weighted by atomic mass is 16.6. The van der Waals surface area contributed by atoms with Crippen LogP contribution in [0, 0.1) is 20.2 Å². The van der Waals surface area contributed by atoms with Crippen molar-refractivity contribution in [2.45, 2.75) is 71.1 Å². The van der Waals surface area contributed by atoms with E-state index in [1.54, 1.807) is 12.2 Å². The molecule has 0 atom stereocenters. The standard InChI is InChI=1S/C20H30N2O5/c1-2-3-4-5-6-8-11-14-19(21(24)25)16-17-20(22(26)27)15-12-9-7-10-13-18-23/h6,8-9,12,14,17-18H,2-5,7,10-11,13,15-16H2,1H3/b8-6-,12-9-,19-14+,20-17+. The minimum atomic E-state index is -0.513. The number of hydrogen-bond acceptors (Lipinski definition) is 5. The van der Waals surface area contributed by atoms with Gasteiger partial charge in [-0.05, 0) is 44.3 Å². The van der Waals surface area contributed by atoms with Gasteiger partial charge in [0.15, 0.2) is 0 Å². The first-order valence-corrected chi connectivity index (χ1v) is 9.43. The van der Waals surface area contributed by atoms with E-state index in [0.29, 0.717) is 25.7 Å². The van der Waals surface area contributed by atoms with Gasteiger partial charge in [-0.2, -0.15) is 0 Å². The minimum Gasteiger partial charge on any atom is -0.303 e. The van der Waals surface area contributed by atoms with Crippen molar-refractivity contribution in [3.8, 4) is 0 Å². The summed E-state index contributed by atoms with van der Waals surface area (Å²) in [4.78, 5) is 31.4. The minimum absolute atomic E-state index is 0.0393. The largest absolute Gasteiger partial charge is 0.303 e. The van der Waals surface area contributed by atoms with Crippen molar-refractivity contribution in [3.63, 3.8) is 0 Å². The van der Waals surface area contributed by atoms with Crippen LogP contribution in [0.4, 0.5) is 0 Å². The molecule has 0 aromatic heterocycles. The molecule has 150 valence electrons. The predicted octanol–water partition coefficient (Wildman–Crippen LogP) is 5.54. The van der Waals surface area contributed by atoms with Gasteiger partial charge in [-0.15, -0.1) is 0 Å². The van der Waals surface area contributed by atoms with Gasteiger partial charge in [0.1, 0.15) is 6.29 Å². The van der Waals surface area contributed by atoms with Crippen molar-refractivity contribution in [1.29, 1.82) is 0 Å². The molecule has 7 nitrogen and oxygen atoms in total. The molecule has 0 aromatic rings. The second-order valence-corrected chi connectivity index (χ2v) is 6.09. The third kappa shape index (κ3) is 14.3. The Morgan fingerprint density at radius 1 is 0.778 bits per heavy atom. The number of aldehydes is 1. The molecule has 0 amide bonds. The van der Waals surface area contributed by atoms with E-state index in [0.717, 1.165) is 25.5 Å². The van der Waals surface area contributed by atoms with Crippen LogP contribution in [0.1, 0.15) is 71.1 Å². The molecule has 7 heteroatoms. The molecule has 0 aliphatic carbocycles. The van der Waals surface area contributed by atoms with Crippen LogP contribution in [0.3, 0.4) is 0 Å². The second kappa shape index (κ2) is 16.9. The van der Waals surface area contributed by atoms with E-state index in [4.69, 9.17) is 0 Å². The Morgan fingerprint density at radius 2 is 1.41 bits per heavy atom. The number of allylic oxidation sites excluding steroid dienone is 6. The smallest absolute Gasteiger partial charge is 0.246 e. The highest BCUT2D eigenvalue weighted by Gasteiger charge is 2.13. The number of nitrogens with zero attached hydrogens (tertiary/aromatic N) is 2. The molecular weight excluding hydrogens is 348 g/mol. The summed E-state index contributed by atoms with van der Waals surface area (Å²) in [5.41, 5.74) is -0.105. The van der Waals surface area contributed by atoms with E-state index >= 15 is 0 Å². The molecule has 0 saturated heterocycles. The normalized spacial score (nSPS) is 12.8. The Morgan fingerprint density at radius 3 is 2.04 bits per heavy atom. The van der Waals surface area contributed by atoms with Crippen LogP contribution in [0.5, 0.6) is 0 Å². The average molecular weight is 378 g/mol. The SMILES string of the molecule is CCCCC/C=C\C/C=C(\C/C=C(\C/C=C\CCCC=O)[N+](=O)[O-])[N+](=O)[O-]. The topological polar surface area (TPSA) is 103 Å². The van der Waals surface area contributed by atoms with Crippen molar-refractivity contribution >= 4 is 6.29 Å². The maximum absolute atomic E-state index is 11.1. The predicted molar refractivity (Wildman–Crippen MR) is 106 cm³/mol. The van der Waals surface area contributed by atoms with Crippen LogP contribution in [-0.2, 0) is 4.79 Å². The first-order valence-electron chi connectivity index (χ1n) is 9.43. The molecule has 0 saturated carbocycles. The van der Waals surface area contributed by atoms with Crippen LogP contribution in [0.15, 0.2) is 47.9 Å². The average Bonchev–Trinajstić information content (AvgIpc) is 2.63. The Balaban J connectivity index is 4.64. The molecule has 0 bridgehead atoms. The summed E-state index contributed by atoms with van der Waals surface area (Å²) in [6.45, 7) is 2.13. The molecule has 0 aromatic carbocycles. The molecular formula is C20H30N2O5. The maximum Gasteiger partial charge on any atom is 0.246 e. The van der Waals surface area contributed by atoms with Gasteiger partial charge in [-0.1, -0.05) is 44.1 Å². The van der Waals surface area contributed by atoms with Crippen molar-refractivity contribution < 1.29 is 14.6 Å². The highest BCUT2D eigenvalue weighted by molar-refractivity contribution is 5.49. The number of rotatable bonds is 16. The molecule has 0 radical (unpaired) electrons. The molecule has 0 heterocycles. The third-order valence-electron chi connectivity index (χ3n) is 3.83. The van der Waals surface area contributed by atoms with Gasteiger partial charge < -0.3 is 4.79 Å². The number of carbonyl (C=O) groups excluding carboxylic acids is 1. The molecule has 0 aliphatic heterocycles. The van der Waals surface area contributed by atoms with Crippen LogP contribution >= 0.6 is 0 Å². The number of carbonyl (C=O) groups is 1. The highest BCUT2D eigenvalue weighted by Crippen LogP contribution is 2.12. The van der Waals surface area contributed by atoms with E-state index in [-0.39, 0.29) is 24.2 Å². The first kappa shape index (κ1) is 24.4. The lowest BCUT2D eigenvalue weighted by molar-refractivity contribution is -0.431. The first-order chi connectivity index (χ1) is 13.0. The van der Waals surface area contributed by atoms with Gasteiger partial charge in [0.2, 0.25) is 11.4 Å². The van der Waals surface area contributed by atoms with Crippen LogP contribution in [0.25, 0.3) is 0 Å². The summed E-state index contributed by atoms with van der Waals surface area (Å²) in [5, 5.41) is 22.2. The second-order valence-electron chi connectivity index (χ2n) is 6.09.